The summed E-state index contributed by atoms with van der Waals surface area (Å²) in [4.78, 5) is 26.1. The Bertz CT molecular complexity index is 1550. The highest BCUT2D eigenvalue weighted by Crippen LogP contribution is 2.43. The number of allylic oxidation sites excluding steroid dienone is 2. The van der Waals surface area contributed by atoms with Crippen LogP contribution in [0.25, 0.3) is 0 Å². The fourth-order valence-corrected chi connectivity index (χ4v) is 5.31. The van der Waals surface area contributed by atoms with Gasteiger partial charge in [0.1, 0.15) is 0 Å². The lowest BCUT2D eigenvalue weighted by Gasteiger charge is -2.30. The van der Waals surface area contributed by atoms with Gasteiger partial charge in [-0.05, 0) is 48.9 Å². The molecule has 3 aromatic carbocycles. The van der Waals surface area contributed by atoms with Crippen LogP contribution in [-0.2, 0) is 15.8 Å². The van der Waals surface area contributed by atoms with Crippen molar-refractivity contribution in [1.82, 2.24) is 5.32 Å². The summed E-state index contributed by atoms with van der Waals surface area (Å²) in [6.07, 6.45) is -4.55. The lowest BCUT2D eigenvalue weighted by Crippen LogP contribution is -2.31. The highest BCUT2D eigenvalue weighted by molar-refractivity contribution is 8.03. The van der Waals surface area contributed by atoms with Gasteiger partial charge in [0.25, 0.3) is 5.91 Å². The first kappa shape index (κ1) is 28.8. The average molecular weight is 583 g/mol. The van der Waals surface area contributed by atoms with Crippen molar-refractivity contribution in [3.63, 3.8) is 0 Å². The van der Waals surface area contributed by atoms with Gasteiger partial charge < -0.3 is 16.0 Å². The number of rotatable bonds is 7. The summed E-state index contributed by atoms with van der Waals surface area (Å²) >= 11 is 7.51. The van der Waals surface area contributed by atoms with Crippen LogP contribution in [0.4, 0.5) is 24.5 Å². The minimum absolute atomic E-state index is 0.00333. The number of benzene rings is 3. The van der Waals surface area contributed by atoms with Gasteiger partial charge in [-0.3, -0.25) is 9.59 Å². The third-order valence-electron chi connectivity index (χ3n) is 5.96. The Hall–Kier alpha value is -4.20. The summed E-state index contributed by atoms with van der Waals surface area (Å²) in [7, 11) is 0. The van der Waals surface area contributed by atoms with Crippen LogP contribution in [-0.4, -0.2) is 17.6 Å². The number of thioether (sulfide) groups is 1. The van der Waals surface area contributed by atoms with E-state index in [-0.39, 0.29) is 22.6 Å². The van der Waals surface area contributed by atoms with Crippen LogP contribution in [0.1, 0.15) is 24.0 Å². The predicted octanol–water partition coefficient (Wildman–Crippen LogP) is 7.07. The van der Waals surface area contributed by atoms with Crippen LogP contribution in [0.2, 0.25) is 5.02 Å². The van der Waals surface area contributed by atoms with Crippen molar-refractivity contribution < 1.29 is 22.8 Å². The molecule has 11 heteroatoms. The van der Waals surface area contributed by atoms with Gasteiger partial charge in [0.05, 0.1) is 33.9 Å². The first-order valence-electron chi connectivity index (χ1n) is 11.9. The number of dihydropyridines is 1. The zero-order valence-corrected chi connectivity index (χ0v) is 22.5. The molecule has 0 aliphatic carbocycles. The van der Waals surface area contributed by atoms with Crippen molar-refractivity contribution in [3.8, 4) is 6.07 Å². The number of nitrogens with zero attached hydrogens (tertiary/aromatic N) is 1. The van der Waals surface area contributed by atoms with Gasteiger partial charge in [-0.15, -0.1) is 0 Å². The highest BCUT2D eigenvalue weighted by atomic mass is 35.5. The van der Waals surface area contributed by atoms with E-state index < -0.39 is 29.5 Å². The number of para-hydroxylation sites is 1. The van der Waals surface area contributed by atoms with Crippen molar-refractivity contribution >= 4 is 46.6 Å². The van der Waals surface area contributed by atoms with Crippen molar-refractivity contribution in [2.24, 2.45) is 0 Å². The molecule has 3 aromatic rings. The van der Waals surface area contributed by atoms with Gasteiger partial charge >= 0.3 is 6.18 Å². The Balaban J connectivity index is 1.61. The van der Waals surface area contributed by atoms with E-state index in [9.17, 15) is 28.0 Å². The smallest absolute Gasteiger partial charge is 0.353 e. The molecule has 0 spiro atoms. The molecule has 2 amide bonds. The number of anilines is 2. The SMILES string of the molecule is CC1=C(C(=O)Nc2ccccc2)C(c2ccccc2Cl)C(C#N)=C(SCC(=O)Nc2cccc(C(F)(F)F)c2)N1. The third kappa shape index (κ3) is 6.68. The summed E-state index contributed by atoms with van der Waals surface area (Å²) in [5.41, 5.74) is 1.13. The van der Waals surface area contributed by atoms with Gasteiger partial charge in [-0.1, -0.05) is 65.8 Å². The van der Waals surface area contributed by atoms with E-state index in [2.05, 4.69) is 22.0 Å². The van der Waals surface area contributed by atoms with Gasteiger partial charge in [0, 0.05) is 27.7 Å². The summed E-state index contributed by atoms with van der Waals surface area (Å²) in [5, 5.41) is 19.3. The van der Waals surface area contributed by atoms with E-state index in [4.69, 9.17) is 11.6 Å². The van der Waals surface area contributed by atoms with E-state index >= 15 is 0 Å². The summed E-state index contributed by atoms with van der Waals surface area (Å²) in [5.74, 6) is -2.05. The van der Waals surface area contributed by atoms with Crippen molar-refractivity contribution in [2.75, 3.05) is 16.4 Å². The van der Waals surface area contributed by atoms with Crippen molar-refractivity contribution in [2.45, 2.75) is 19.0 Å². The van der Waals surface area contributed by atoms with E-state index in [1.54, 1.807) is 55.5 Å². The number of halogens is 4. The first-order chi connectivity index (χ1) is 19.1. The molecule has 0 radical (unpaired) electrons. The minimum atomic E-state index is -4.55. The third-order valence-corrected chi connectivity index (χ3v) is 7.32. The standard InChI is InChI=1S/C29H22ClF3N4O2S/c1-17-25(27(39)37-19-9-3-2-4-10-19)26(21-12-5-6-13-23(21)30)22(15-34)28(35-17)40-16-24(38)36-20-11-7-8-18(14-20)29(31,32)33/h2-14,26,35H,16H2,1H3,(H,36,38)(H,37,39). The maximum atomic E-state index is 13.5. The Morgan fingerprint density at radius 2 is 1.68 bits per heavy atom. The molecule has 4 rings (SSSR count). The van der Waals surface area contributed by atoms with Crippen molar-refractivity contribution in [3.05, 3.63) is 117 Å². The van der Waals surface area contributed by atoms with Gasteiger partial charge in [0.2, 0.25) is 5.91 Å². The lowest BCUT2D eigenvalue weighted by molar-refractivity contribution is -0.137. The molecule has 0 saturated carbocycles. The predicted molar refractivity (Wildman–Crippen MR) is 150 cm³/mol. The minimum Gasteiger partial charge on any atom is -0.353 e. The zero-order valence-electron chi connectivity index (χ0n) is 21.0. The first-order valence-corrected chi connectivity index (χ1v) is 13.3. The second-order valence-corrected chi connectivity index (χ2v) is 10.1. The Morgan fingerprint density at radius 1 is 1.00 bits per heavy atom. The van der Waals surface area contributed by atoms with Gasteiger partial charge in [0.15, 0.2) is 0 Å². The molecule has 1 aliphatic rings. The number of amides is 2. The Morgan fingerprint density at radius 3 is 2.35 bits per heavy atom. The second-order valence-electron chi connectivity index (χ2n) is 8.71. The fraction of sp³-hybridized carbons (Fsp3) is 0.138. The van der Waals surface area contributed by atoms with Crippen molar-refractivity contribution in [1.29, 1.82) is 5.26 Å². The lowest BCUT2D eigenvalue weighted by atomic mass is 9.82. The molecule has 204 valence electrons. The number of hydrogen-bond donors (Lipinski definition) is 3. The molecule has 40 heavy (non-hydrogen) atoms. The van der Waals surface area contributed by atoms with E-state index in [0.717, 1.165) is 23.9 Å². The van der Waals surface area contributed by atoms with E-state index in [0.29, 0.717) is 27.0 Å². The number of carbonyl (C=O) groups is 2. The maximum Gasteiger partial charge on any atom is 0.416 e. The summed E-state index contributed by atoms with van der Waals surface area (Å²) < 4.78 is 39.1. The van der Waals surface area contributed by atoms with Crippen LogP contribution in [0.3, 0.4) is 0 Å². The molecule has 3 N–H and O–H groups in total. The molecular formula is C29H22ClF3N4O2S. The molecule has 0 bridgehead atoms. The molecule has 0 aromatic heterocycles. The molecule has 1 atom stereocenters. The zero-order chi connectivity index (χ0) is 28.9. The molecular weight excluding hydrogens is 561 g/mol. The molecule has 6 nitrogen and oxygen atoms in total. The molecule has 1 aliphatic heterocycles. The summed E-state index contributed by atoms with van der Waals surface area (Å²) in [6.45, 7) is 1.68. The number of carbonyl (C=O) groups excluding carboxylic acids is 2. The fourth-order valence-electron chi connectivity index (χ4n) is 4.18. The normalized spacial score (nSPS) is 15.2. The Labute approximate surface area is 237 Å². The maximum absolute atomic E-state index is 13.5. The van der Waals surface area contributed by atoms with Crippen LogP contribution in [0.15, 0.2) is 101 Å². The van der Waals surface area contributed by atoms with E-state index in [1.807, 2.05) is 6.07 Å². The van der Waals surface area contributed by atoms with Crippen LogP contribution >= 0.6 is 23.4 Å². The summed E-state index contributed by atoms with van der Waals surface area (Å²) in [6, 6.07) is 22.2. The second kappa shape index (κ2) is 12.3. The highest BCUT2D eigenvalue weighted by Gasteiger charge is 2.36. The van der Waals surface area contributed by atoms with E-state index in [1.165, 1.54) is 12.1 Å². The Kier molecular flexibility index (Phi) is 8.87. The number of nitrogens with one attached hydrogen (secondary N) is 3. The molecule has 1 unspecified atom stereocenters. The number of nitriles is 1. The van der Waals surface area contributed by atoms with Crippen LogP contribution in [0, 0.1) is 11.3 Å². The average Bonchev–Trinajstić information content (AvgIpc) is 2.92. The number of alkyl halides is 3. The van der Waals surface area contributed by atoms with Crippen LogP contribution < -0.4 is 16.0 Å². The van der Waals surface area contributed by atoms with Gasteiger partial charge in [-0.25, -0.2) is 0 Å². The van der Waals surface area contributed by atoms with Crippen LogP contribution in [0.5, 0.6) is 0 Å². The molecule has 0 fully saturated rings. The largest absolute Gasteiger partial charge is 0.416 e. The topological polar surface area (TPSA) is 94.0 Å². The molecule has 0 saturated heterocycles. The van der Waals surface area contributed by atoms with Gasteiger partial charge in [-0.2, -0.15) is 18.4 Å². The monoisotopic (exact) mass is 582 g/mol. The number of hydrogen-bond acceptors (Lipinski definition) is 5. The quantitative estimate of drug-likeness (QED) is 0.277. The molecule has 1 heterocycles.